The van der Waals surface area contributed by atoms with Crippen molar-refractivity contribution in [3.8, 4) is 11.5 Å². The number of fused-ring (bicyclic) bond motifs is 1. The SMILES string of the molecule is O=C(COc1ccccc1F)NCCc1ccc2c(c1)NC(=O)CO2. The molecule has 0 bridgehead atoms. The fourth-order valence-corrected chi connectivity index (χ4v) is 2.39. The Bertz CT molecular complexity index is 794. The Morgan fingerprint density at radius 3 is 2.96 bits per heavy atom. The Labute approximate surface area is 143 Å². The van der Waals surface area contributed by atoms with Crippen molar-refractivity contribution in [2.45, 2.75) is 6.42 Å². The summed E-state index contributed by atoms with van der Waals surface area (Å²) in [6, 6.07) is 11.4. The monoisotopic (exact) mass is 344 g/mol. The molecule has 2 aromatic rings. The molecule has 2 N–H and O–H groups in total. The highest BCUT2D eigenvalue weighted by molar-refractivity contribution is 5.95. The lowest BCUT2D eigenvalue weighted by Gasteiger charge is -2.18. The van der Waals surface area contributed by atoms with Gasteiger partial charge in [-0.25, -0.2) is 4.39 Å². The average molecular weight is 344 g/mol. The van der Waals surface area contributed by atoms with Gasteiger partial charge in [-0.1, -0.05) is 18.2 Å². The van der Waals surface area contributed by atoms with Crippen LogP contribution in [0, 0.1) is 5.82 Å². The number of benzene rings is 2. The number of hydrogen-bond acceptors (Lipinski definition) is 4. The topological polar surface area (TPSA) is 76.7 Å². The van der Waals surface area contributed by atoms with Crippen molar-refractivity contribution < 1.29 is 23.5 Å². The summed E-state index contributed by atoms with van der Waals surface area (Å²) in [6.07, 6.45) is 0.578. The quantitative estimate of drug-likeness (QED) is 0.839. The third kappa shape index (κ3) is 4.47. The third-order valence-electron chi connectivity index (χ3n) is 3.61. The lowest BCUT2D eigenvalue weighted by atomic mass is 10.1. The second-order valence-corrected chi connectivity index (χ2v) is 5.49. The van der Waals surface area contributed by atoms with E-state index in [2.05, 4.69) is 10.6 Å². The van der Waals surface area contributed by atoms with Crippen molar-refractivity contribution in [2.24, 2.45) is 0 Å². The van der Waals surface area contributed by atoms with E-state index in [1.807, 2.05) is 12.1 Å². The third-order valence-corrected chi connectivity index (χ3v) is 3.61. The number of hydrogen-bond donors (Lipinski definition) is 2. The van der Waals surface area contributed by atoms with Crippen molar-refractivity contribution in [1.82, 2.24) is 5.32 Å². The molecule has 0 saturated carbocycles. The van der Waals surface area contributed by atoms with Gasteiger partial charge in [0.05, 0.1) is 5.69 Å². The molecule has 0 spiro atoms. The molecule has 6 nitrogen and oxygen atoms in total. The van der Waals surface area contributed by atoms with E-state index in [1.165, 1.54) is 12.1 Å². The van der Waals surface area contributed by atoms with Crippen LogP contribution in [0.3, 0.4) is 0 Å². The van der Waals surface area contributed by atoms with E-state index in [1.54, 1.807) is 18.2 Å². The standard InChI is InChI=1S/C18H17FN2O4/c19-13-3-1-2-4-15(13)24-10-17(22)20-8-7-12-5-6-16-14(9-12)21-18(23)11-25-16/h1-6,9H,7-8,10-11H2,(H,20,22)(H,21,23). The fraction of sp³-hybridized carbons (Fsp3) is 0.222. The number of para-hydroxylation sites is 1. The number of halogens is 1. The highest BCUT2D eigenvalue weighted by Crippen LogP contribution is 2.28. The fourth-order valence-electron chi connectivity index (χ4n) is 2.39. The van der Waals surface area contributed by atoms with Gasteiger partial charge in [0.15, 0.2) is 24.8 Å². The number of carbonyl (C=O) groups is 2. The molecule has 1 aliphatic rings. The Hall–Kier alpha value is -3.09. The van der Waals surface area contributed by atoms with Gasteiger partial charge in [0, 0.05) is 6.54 Å². The van der Waals surface area contributed by atoms with Crippen molar-refractivity contribution >= 4 is 17.5 Å². The Balaban J connectivity index is 1.45. The molecule has 7 heteroatoms. The van der Waals surface area contributed by atoms with Gasteiger partial charge in [-0.3, -0.25) is 9.59 Å². The number of amides is 2. The minimum atomic E-state index is -0.506. The maximum Gasteiger partial charge on any atom is 0.262 e. The average Bonchev–Trinajstić information content (AvgIpc) is 2.60. The Morgan fingerprint density at radius 1 is 1.28 bits per heavy atom. The van der Waals surface area contributed by atoms with Gasteiger partial charge in [0.1, 0.15) is 5.75 Å². The molecule has 1 aliphatic heterocycles. The second-order valence-electron chi connectivity index (χ2n) is 5.49. The van der Waals surface area contributed by atoms with Crippen LogP contribution in [0.25, 0.3) is 0 Å². The first kappa shape index (κ1) is 16.8. The molecule has 2 amide bonds. The van der Waals surface area contributed by atoms with E-state index < -0.39 is 5.82 Å². The summed E-state index contributed by atoms with van der Waals surface area (Å²) in [4.78, 5) is 23.1. The summed E-state index contributed by atoms with van der Waals surface area (Å²) in [5.41, 5.74) is 1.57. The number of ether oxygens (including phenoxy) is 2. The van der Waals surface area contributed by atoms with E-state index in [-0.39, 0.29) is 30.8 Å². The normalized spacial score (nSPS) is 12.6. The Morgan fingerprint density at radius 2 is 2.12 bits per heavy atom. The molecule has 0 radical (unpaired) electrons. The summed E-state index contributed by atoms with van der Waals surface area (Å²) in [5, 5.41) is 5.44. The van der Waals surface area contributed by atoms with E-state index in [4.69, 9.17) is 9.47 Å². The largest absolute Gasteiger partial charge is 0.482 e. The van der Waals surface area contributed by atoms with Gasteiger partial charge in [0.25, 0.3) is 11.8 Å². The second kappa shape index (κ2) is 7.65. The van der Waals surface area contributed by atoms with Crippen LogP contribution in [-0.2, 0) is 16.0 Å². The van der Waals surface area contributed by atoms with Gasteiger partial charge < -0.3 is 20.1 Å². The lowest BCUT2D eigenvalue weighted by Crippen LogP contribution is -2.30. The summed E-state index contributed by atoms with van der Waals surface area (Å²) in [5.74, 6) is -0.358. The number of carbonyl (C=O) groups excluding carboxylic acids is 2. The molecule has 0 unspecified atom stereocenters. The summed E-state index contributed by atoms with van der Waals surface area (Å²) >= 11 is 0. The van der Waals surface area contributed by atoms with E-state index in [0.717, 1.165) is 5.56 Å². The number of anilines is 1. The van der Waals surface area contributed by atoms with Gasteiger partial charge in [0.2, 0.25) is 0 Å². The molecule has 0 saturated heterocycles. The van der Waals surface area contributed by atoms with E-state index in [9.17, 15) is 14.0 Å². The highest BCUT2D eigenvalue weighted by Gasteiger charge is 2.15. The van der Waals surface area contributed by atoms with Crippen LogP contribution in [-0.4, -0.2) is 31.6 Å². The number of nitrogens with one attached hydrogen (secondary N) is 2. The summed E-state index contributed by atoms with van der Waals surface area (Å²) in [6.45, 7) is 0.159. The van der Waals surface area contributed by atoms with Crippen molar-refractivity contribution in [3.05, 3.63) is 53.8 Å². The van der Waals surface area contributed by atoms with E-state index >= 15 is 0 Å². The van der Waals surface area contributed by atoms with Gasteiger partial charge in [-0.15, -0.1) is 0 Å². The van der Waals surface area contributed by atoms with Crippen molar-refractivity contribution in [3.63, 3.8) is 0 Å². The molecule has 0 aliphatic carbocycles. The zero-order valence-electron chi connectivity index (χ0n) is 13.4. The molecule has 0 fully saturated rings. The van der Waals surface area contributed by atoms with Gasteiger partial charge in [-0.2, -0.15) is 0 Å². The first-order valence-electron chi connectivity index (χ1n) is 7.81. The van der Waals surface area contributed by atoms with Gasteiger partial charge >= 0.3 is 0 Å². The lowest BCUT2D eigenvalue weighted by molar-refractivity contribution is -0.123. The smallest absolute Gasteiger partial charge is 0.262 e. The first-order chi connectivity index (χ1) is 12.1. The summed E-state index contributed by atoms with van der Waals surface area (Å²) in [7, 11) is 0. The van der Waals surface area contributed by atoms with Crippen LogP contribution in [0.5, 0.6) is 11.5 Å². The zero-order valence-corrected chi connectivity index (χ0v) is 13.4. The van der Waals surface area contributed by atoms with Crippen LogP contribution in [0.2, 0.25) is 0 Å². The highest BCUT2D eigenvalue weighted by atomic mass is 19.1. The van der Waals surface area contributed by atoms with Crippen LogP contribution in [0.4, 0.5) is 10.1 Å². The van der Waals surface area contributed by atoms with Crippen molar-refractivity contribution in [1.29, 1.82) is 0 Å². The molecule has 2 aromatic carbocycles. The maximum atomic E-state index is 13.4. The van der Waals surface area contributed by atoms with Crippen LogP contribution >= 0.6 is 0 Å². The van der Waals surface area contributed by atoms with Crippen LogP contribution in [0.1, 0.15) is 5.56 Å². The maximum absolute atomic E-state index is 13.4. The molecular weight excluding hydrogens is 327 g/mol. The molecule has 3 rings (SSSR count). The predicted octanol–water partition coefficient (Wildman–Crippen LogP) is 1.89. The molecule has 1 heterocycles. The molecule has 130 valence electrons. The zero-order chi connectivity index (χ0) is 17.6. The van der Waals surface area contributed by atoms with Crippen LogP contribution in [0.15, 0.2) is 42.5 Å². The molecule has 0 atom stereocenters. The summed E-state index contributed by atoms with van der Waals surface area (Å²) < 4.78 is 23.8. The Kier molecular flexibility index (Phi) is 5.13. The predicted molar refractivity (Wildman–Crippen MR) is 89.2 cm³/mol. The number of rotatable bonds is 6. The van der Waals surface area contributed by atoms with Crippen molar-refractivity contribution in [2.75, 3.05) is 25.1 Å². The first-order valence-corrected chi connectivity index (χ1v) is 7.81. The minimum Gasteiger partial charge on any atom is -0.482 e. The molecule has 25 heavy (non-hydrogen) atoms. The molecule has 0 aromatic heterocycles. The van der Waals surface area contributed by atoms with Gasteiger partial charge in [-0.05, 0) is 36.2 Å². The van der Waals surface area contributed by atoms with Crippen LogP contribution < -0.4 is 20.1 Å². The molecular formula is C18H17FN2O4. The minimum absolute atomic E-state index is 0.0183. The van der Waals surface area contributed by atoms with E-state index in [0.29, 0.717) is 24.4 Å².